The Morgan fingerprint density at radius 1 is 1.15 bits per heavy atom. The molecular formula is C32H33Cl2FO5. The van der Waals surface area contributed by atoms with Crippen molar-refractivity contribution in [2.75, 3.05) is 6.61 Å². The van der Waals surface area contributed by atoms with Crippen LogP contribution in [-0.4, -0.2) is 45.8 Å². The average Bonchev–Trinajstić information content (AvgIpc) is 3.11. The maximum absolute atomic E-state index is 17.4. The van der Waals surface area contributed by atoms with Crippen molar-refractivity contribution in [2.24, 2.45) is 28.6 Å². The Balaban J connectivity index is 1.33. The fourth-order valence-electron chi connectivity index (χ4n) is 8.81. The zero-order valence-electron chi connectivity index (χ0n) is 22.7. The molecule has 0 bridgehead atoms. The molecule has 8 heteroatoms. The van der Waals surface area contributed by atoms with Gasteiger partial charge in [-0.25, -0.2) is 4.39 Å². The SMILES string of the molecule is C[C@@H]1CC2C3CCC4=CC(=O)C=CC4(C)[C@@]3(F)[C@@H](O)CC2(C)[C@@]1(O)C(=O)COc1c(Cl)cc(Cl)c2ccccc12. The fraction of sp³-hybridized carbons (Fsp3) is 0.500. The molecule has 0 spiro atoms. The van der Waals surface area contributed by atoms with E-state index in [1.807, 2.05) is 25.1 Å². The van der Waals surface area contributed by atoms with E-state index in [0.29, 0.717) is 41.0 Å². The first-order valence-electron chi connectivity index (χ1n) is 13.9. The molecule has 4 aliphatic carbocycles. The molecular weight excluding hydrogens is 554 g/mol. The quantitative estimate of drug-likeness (QED) is 0.430. The maximum Gasteiger partial charge on any atom is 0.202 e. The van der Waals surface area contributed by atoms with Crippen molar-refractivity contribution < 1.29 is 28.9 Å². The summed E-state index contributed by atoms with van der Waals surface area (Å²) < 4.78 is 23.4. The van der Waals surface area contributed by atoms with Crippen molar-refractivity contribution in [2.45, 2.75) is 63.8 Å². The third-order valence-electron chi connectivity index (χ3n) is 10.9. The number of fused-ring (bicyclic) bond motifs is 6. The predicted molar refractivity (Wildman–Crippen MR) is 152 cm³/mol. The van der Waals surface area contributed by atoms with Gasteiger partial charge in [0.2, 0.25) is 5.78 Å². The first-order valence-corrected chi connectivity index (χ1v) is 14.6. The van der Waals surface area contributed by atoms with Crippen molar-refractivity contribution >= 4 is 45.5 Å². The van der Waals surface area contributed by atoms with Crippen LogP contribution < -0.4 is 4.74 Å². The molecule has 0 saturated heterocycles. The molecule has 2 aromatic carbocycles. The van der Waals surface area contributed by atoms with E-state index in [1.165, 1.54) is 12.2 Å². The van der Waals surface area contributed by atoms with E-state index in [1.54, 1.807) is 32.1 Å². The van der Waals surface area contributed by atoms with E-state index in [9.17, 15) is 19.8 Å². The van der Waals surface area contributed by atoms with Crippen LogP contribution in [0.4, 0.5) is 4.39 Å². The zero-order valence-corrected chi connectivity index (χ0v) is 24.2. The maximum atomic E-state index is 17.4. The predicted octanol–water partition coefficient (Wildman–Crippen LogP) is 6.44. The molecule has 8 atom stereocenters. The lowest BCUT2D eigenvalue weighted by molar-refractivity contribution is -0.219. The Kier molecular flexibility index (Phi) is 6.36. The zero-order chi connectivity index (χ0) is 28.8. The van der Waals surface area contributed by atoms with Gasteiger partial charge in [0.05, 0.1) is 16.1 Å². The van der Waals surface area contributed by atoms with Crippen molar-refractivity contribution in [3.63, 3.8) is 0 Å². The molecule has 0 heterocycles. The summed E-state index contributed by atoms with van der Waals surface area (Å²) in [5, 5.41) is 25.8. The van der Waals surface area contributed by atoms with Gasteiger partial charge < -0.3 is 14.9 Å². The minimum absolute atomic E-state index is 0.0907. The largest absolute Gasteiger partial charge is 0.483 e. The number of halogens is 3. The monoisotopic (exact) mass is 586 g/mol. The van der Waals surface area contributed by atoms with Gasteiger partial charge in [-0.3, -0.25) is 9.59 Å². The van der Waals surface area contributed by atoms with Crippen LogP contribution in [0.25, 0.3) is 10.8 Å². The molecule has 40 heavy (non-hydrogen) atoms. The molecule has 2 N–H and O–H groups in total. The molecule has 4 unspecified atom stereocenters. The minimum Gasteiger partial charge on any atom is -0.483 e. The van der Waals surface area contributed by atoms with Gasteiger partial charge in [0.15, 0.2) is 11.5 Å². The summed E-state index contributed by atoms with van der Waals surface area (Å²) in [6.45, 7) is 4.93. The Hall–Kier alpha value is -2.25. The molecule has 0 aromatic heterocycles. The molecule has 0 radical (unpaired) electrons. The van der Waals surface area contributed by atoms with Crippen molar-refractivity contribution in [3.8, 4) is 5.75 Å². The number of allylic oxidation sites excluding steroid dienone is 4. The highest BCUT2D eigenvalue weighted by atomic mass is 35.5. The number of carbonyl (C=O) groups excluding carboxylic acids is 2. The Morgan fingerprint density at radius 3 is 2.58 bits per heavy atom. The van der Waals surface area contributed by atoms with Gasteiger partial charge in [0.1, 0.15) is 18.0 Å². The number of carbonyl (C=O) groups is 2. The molecule has 5 nitrogen and oxygen atoms in total. The lowest BCUT2D eigenvalue weighted by Gasteiger charge is -2.62. The molecule has 212 valence electrons. The lowest BCUT2D eigenvalue weighted by atomic mass is 9.44. The molecule has 0 aliphatic heterocycles. The summed E-state index contributed by atoms with van der Waals surface area (Å²) in [4.78, 5) is 26.0. The highest BCUT2D eigenvalue weighted by Gasteiger charge is 2.75. The smallest absolute Gasteiger partial charge is 0.202 e. The number of hydrogen-bond donors (Lipinski definition) is 2. The van der Waals surface area contributed by atoms with Crippen LogP contribution in [0.15, 0.2) is 54.1 Å². The fourth-order valence-corrected chi connectivity index (χ4v) is 9.40. The van der Waals surface area contributed by atoms with Gasteiger partial charge >= 0.3 is 0 Å². The first kappa shape index (κ1) is 27.9. The highest BCUT2D eigenvalue weighted by Crippen LogP contribution is 2.70. The number of rotatable bonds is 4. The van der Waals surface area contributed by atoms with E-state index in [0.717, 1.165) is 5.39 Å². The summed E-state index contributed by atoms with van der Waals surface area (Å²) in [6, 6.07) is 8.85. The number of hydrogen-bond acceptors (Lipinski definition) is 5. The summed E-state index contributed by atoms with van der Waals surface area (Å²) in [6.07, 6.45) is 4.34. The summed E-state index contributed by atoms with van der Waals surface area (Å²) in [5.41, 5.74) is -5.39. The number of aliphatic hydroxyl groups is 2. The topological polar surface area (TPSA) is 83.8 Å². The van der Waals surface area contributed by atoms with E-state index in [4.69, 9.17) is 27.9 Å². The summed E-state index contributed by atoms with van der Waals surface area (Å²) in [5.74, 6) is -1.83. The second-order valence-electron chi connectivity index (χ2n) is 12.6. The molecule has 3 saturated carbocycles. The summed E-state index contributed by atoms with van der Waals surface area (Å²) in [7, 11) is 0. The number of ether oxygens (including phenoxy) is 1. The van der Waals surface area contributed by atoms with E-state index >= 15 is 4.39 Å². The number of aliphatic hydroxyl groups excluding tert-OH is 1. The van der Waals surface area contributed by atoms with Gasteiger partial charge in [0.25, 0.3) is 0 Å². The standard InChI is InChI=1S/C32H33Cl2FO5/c1-17-12-23-22-9-8-18-13-19(36)10-11-29(18,2)31(22,35)26(37)15-30(23,3)32(17,39)27(38)16-40-28-21-7-5-4-6-20(21)24(33)14-25(28)34/h4-7,10-11,13-14,17,22-23,26,37,39H,8-9,12,15-16H2,1-3H3/t17-,22?,23?,26+,29?,30?,31+,32+/m1/s1. The Morgan fingerprint density at radius 2 is 1.85 bits per heavy atom. The molecule has 4 aliphatic rings. The van der Waals surface area contributed by atoms with E-state index in [2.05, 4.69) is 0 Å². The van der Waals surface area contributed by atoms with E-state index in [-0.39, 0.29) is 23.1 Å². The van der Waals surface area contributed by atoms with Crippen LogP contribution in [-0.2, 0) is 9.59 Å². The Bertz CT molecular complexity index is 1500. The van der Waals surface area contributed by atoms with Gasteiger partial charge in [-0.1, -0.05) is 73.0 Å². The summed E-state index contributed by atoms with van der Waals surface area (Å²) >= 11 is 12.8. The van der Waals surface area contributed by atoms with Gasteiger partial charge in [-0.05, 0) is 62.7 Å². The first-order chi connectivity index (χ1) is 18.8. The van der Waals surface area contributed by atoms with Crippen LogP contribution in [0.2, 0.25) is 10.0 Å². The van der Waals surface area contributed by atoms with Crippen LogP contribution in [0.3, 0.4) is 0 Å². The van der Waals surface area contributed by atoms with Crippen molar-refractivity contribution in [3.05, 3.63) is 64.2 Å². The Labute approximate surface area is 243 Å². The molecule has 3 fully saturated rings. The van der Waals surface area contributed by atoms with Crippen molar-refractivity contribution in [1.82, 2.24) is 0 Å². The van der Waals surface area contributed by atoms with Crippen LogP contribution >= 0.6 is 23.2 Å². The minimum atomic E-state index is -2.03. The number of ketones is 2. The number of benzene rings is 2. The van der Waals surface area contributed by atoms with Crippen LogP contribution in [0, 0.1) is 28.6 Å². The lowest BCUT2D eigenvalue weighted by Crippen LogP contribution is -2.69. The van der Waals surface area contributed by atoms with Crippen LogP contribution in [0.5, 0.6) is 5.75 Å². The highest BCUT2D eigenvalue weighted by molar-refractivity contribution is 6.40. The van der Waals surface area contributed by atoms with Gasteiger partial charge in [0, 0.05) is 27.5 Å². The van der Waals surface area contributed by atoms with E-state index < -0.39 is 52.4 Å². The molecule has 2 aromatic rings. The van der Waals surface area contributed by atoms with Gasteiger partial charge in [-0.15, -0.1) is 0 Å². The van der Waals surface area contributed by atoms with Crippen LogP contribution in [0.1, 0.15) is 46.5 Å². The average molecular weight is 588 g/mol. The second kappa shape index (κ2) is 9.12. The number of alkyl halides is 1. The third kappa shape index (κ3) is 3.46. The van der Waals surface area contributed by atoms with Gasteiger partial charge in [-0.2, -0.15) is 0 Å². The second-order valence-corrected chi connectivity index (χ2v) is 13.4. The molecule has 6 rings (SSSR count). The third-order valence-corrected chi connectivity index (χ3v) is 11.5. The normalized spacial score (nSPS) is 40.3. The van der Waals surface area contributed by atoms with Crippen molar-refractivity contribution in [1.29, 1.82) is 0 Å². The molecule has 0 amide bonds. The number of Topliss-reactive ketones (excluding diaryl/α,β-unsaturated/α-hetero) is 1.